The summed E-state index contributed by atoms with van der Waals surface area (Å²) in [7, 11) is 0. The third-order valence-electron chi connectivity index (χ3n) is 1.82. The molecule has 2 heterocycles. The van der Waals surface area contributed by atoms with Crippen LogP contribution in [0.2, 0.25) is 0 Å². The van der Waals surface area contributed by atoms with Crippen LogP contribution in [-0.2, 0) is 0 Å². The number of amides is 1. The maximum Gasteiger partial charge on any atom is 0.265 e. The van der Waals surface area contributed by atoms with Gasteiger partial charge in [0, 0.05) is 0 Å². The highest BCUT2D eigenvalue weighted by Gasteiger charge is 2.13. The zero-order valence-corrected chi connectivity index (χ0v) is 6.84. The van der Waals surface area contributed by atoms with Crippen molar-refractivity contribution in [2.45, 2.75) is 0 Å². The van der Waals surface area contributed by atoms with Crippen LogP contribution in [0.3, 0.4) is 0 Å². The lowest BCUT2D eigenvalue weighted by molar-refractivity contribution is 0.0996. The fourth-order valence-corrected chi connectivity index (χ4v) is 1.15. The topological polar surface area (TPSA) is 71.8 Å². The zero-order chi connectivity index (χ0) is 10.3. The first-order valence-electron chi connectivity index (χ1n) is 3.72. The minimum Gasteiger partial charge on any atom is -0.364 e. The lowest BCUT2D eigenvalue weighted by atomic mass is 10.3. The summed E-state index contributed by atoms with van der Waals surface area (Å²) in [6.45, 7) is 0. The Balaban J connectivity index is 2.77. The van der Waals surface area contributed by atoms with Gasteiger partial charge in [-0.25, -0.2) is 13.8 Å². The summed E-state index contributed by atoms with van der Waals surface area (Å²) in [4.78, 5) is 16.8. The van der Waals surface area contributed by atoms with E-state index in [0.29, 0.717) is 0 Å². The number of halogens is 2. The Hall–Kier alpha value is -1.98. The molecule has 0 radical (unpaired) electrons. The van der Waals surface area contributed by atoms with Crippen molar-refractivity contribution >= 4 is 16.9 Å². The molecule has 0 aliphatic carbocycles. The number of primary amides is 1. The molecule has 0 bridgehead atoms. The zero-order valence-electron chi connectivity index (χ0n) is 6.84. The second-order valence-electron chi connectivity index (χ2n) is 2.73. The highest BCUT2D eigenvalue weighted by atomic mass is 19.2. The highest BCUT2D eigenvalue weighted by Crippen LogP contribution is 2.18. The van der Waals surface area contributed by atoms with E-state index in [0.717, 1.165) is 12.3 Å². The molecule has 72 valence electrons. The van der Waals surface area contributed by atoms with E-state index >= 15 is 0 Å². The Morgan fingerprint density at radius 1 is 1.50 bits per heavy atom. The van der Waals surface area contributed by atoms with Gasteiger partial charge in [0.05, 0.1) is 11.6 Å². The second-order valence-corrected chi connectivity index (χ2v) is 2.73. The van der Waals surface area contributed by atoms with E-state index in [-0.39, 0.29) is 16.7 Å². The standard InChI is InChI=1S/C8H5F2N3O/c9-4-2-12-8-3(6(4)10)1-5(13-8)7(11)14/h1-2H,(H2,11,14)(H,12,13). The molecule has 0 aromatic carbocycles. The van der Waals surface area contributed by atoms with Crippen molar-refractivity contribution in [3.63, 3.8) is 0 Å². The molecule has 14 heavy (non-hydrogen) atoms. The van der Waals surface area contributed by atoms with Gasteiger partial charge in [-0.1, -0.05) is 0 Å². The van der Waals surface area contributed by atoms with Crippen molar-refractivity contribution in [2.75, 3.05) is 0 Å². The van der Waals surface area contributed by atoms with Crippen LogP contribution in [0.4, 0.5) is 8.78 Å². The maximum absolute atomic E-state index is 13.1. The van der Waals surface area contributed by atoms with Gasteiger partial charge in [-0.15, -0.1) is 0 Å². The summed E-state index contributed by atoms with van der Waals surface area (Å²) >= 11 is 0. The second kappa shape index (κ2) is 2.76. The number of hydrogen-bond acceptors (Lipinski definition) is 2. The number of carbonyl (C=O) groups is 1. The maximum atomic E-state index is 13.1. The number of H-pyrrole nitrogens is 1. The van der Waals surface area contributed by atoms with Gasteiger partial charge in [-0.05, 0) is 6.07 Å². The number of aromatic nitrogens is 2. The molecule has 6 heteroatoms. The van der Waals surface area contributed by atoms with E-state index < -0.39 is 17.5 Å². The fraction of sp³-hybridized carbons (Fsp3) is 0. The summed E-state index contributed by atoms with van der Waals surface area (Å²) in [5.41, 5.74) is 5.04. The van der Waals surface area contributed by atoms with E-state index in [1.54, 1.807) is 0 Å². The number of fused-ring (bicyclic) bond motifs is 1. The molecule has 1 amide bonds. The largest absolute Gasteiger partial charge is 0.364 e. The number of aromatic amines is 1. The number of carbonyl (C=O) groups excluding carboxylic acids is 1. The fourth-order valence-electron chi connectivity index (χ4n) is 1.15. The van der Waals surface area contributed by atoms with E-state index in [1.807, 2.05) is 0 Å². The van der Waals surface area contributed by atoms with Crippen LogP contribution < -0.4 is 5.73 Å². The van der Waals surface area contributed by atoms with E-state index in [4.69, 9.17) is 5.73 Å². The van der Waals surface area contributed by atoms with Crippen molar-refractivity contribution in [1.82, 2.24) is 9.97 Å². The first kappa shape index (κ1) is 8.61. The van der Waals surface area contributed by atoms with Gasteiger partial charge < -0.3 is 10.7 Å². The summed E-state index contributed by atoms with van der Waals surface area (Å²) in [5.74, 6) is -2.85. The van der Waals surface area contributed by atoms with Gasteiger partial charge in [0.25, 0.3) is 5.91 Å². The molecule has 0 fully saturated rings. The number of nitrogens with one attached hydrogen (secondary N) is 1. The number of nitrogens with two attached hydrogens (primary N) is 1. The molecule has 3 N–H and O–H groups in total. The predicted octanol–water partition coefficient (Wildman–Crippen LogP) is 0.940. The number of nitrogens with zero attached hydrogens (tertiary/aromatic N) is 1. The molecule has 0 spiro atoms. The third kappa shape index (κ3) is 1.12. The van der Waals surface area contributed by atoms with E-state index in [2.05, 4.69) is 9.97 Å². The number of hydrogen-bond donors (Lipinski definition) is 2. The minimum absolute atomic E-state index is 0.00278. The van der Waals surface area contributed by atoms with Crippen LogP contribution in [0, 0.1) is 11.6 Å². The summed E-state index contributed by atoms with van der Waals surface area (Å²) in [5, 5.41) is -0.0844. The molecule has 0 aliphatic heterocycles. The molecular weight excluding hydrogens is 192 g/mol. The first-order valence-corrected chi connectivity index (χ1v) is 3.72. The molecule has 0 unspecified atom stereocenters. The van der Waals surface area contributed by atoms with Crippen molar-refractivity contribution in [2.24, 2.45) is 5.73 Å². The molecule has 0 aliphatic rings. The van der Waals surface area contributed by atoms with Crippen molar-refractivity contribution in [3.8, 4) is 0 Å². The molecule has 0 saturated carbocycles. The molecule has 2 rings (SSSR count). The summed E-state index contributed by atoms with van der Waals surface area (Å²) < 4.78 is 25.8. The van der Waals surface area contributed by atoms with Gasteiger partial charge in [-0.2, -0.15) is 0 Å². The predicted molar refractivity (Wildman–Crippen MR) is 44.5 cm³/mol. The Bertz CT molecular complexity index is 521. The first-order chi connectivity index (χ1) is 6.59. The smallest absolute Gasteiger partial charge is 0.265 e. The van der Waals surface area contributed by atoms with Crippen LogP contribution in [0.25, 0.3) is 11.0 Å². The van der Waals surface area contributed by atoms with Crippen molar-refractivity contribution < 1.29 is 13.6 Å². The molecule has 2 aromatic heterocycles. The van der Waals surface area contributed by atoms with Crippen LogP contribution in [-0.4, -0.2) is 15.9 Å². The highest BCUT2D eigenvalue weighted by molar-refractivity contribution is 5.96. The SMILES string of the molecule is NC(=O)c1cc2c(F)c(F)cnc2[nH]1. The van der Waals surface area contributed by atoms with Gasteiger partial charge in [0.1, 0.15) is 11.3 Å². The Labute approximate surface area is 76.7 Å². The van der Waals surface area contributed by atoms with Crippen LogP contribution in [0.15, 0.2) is 12.3 Å². The van der Waals surface area contributed by atoms with Crippen LogP contribution >= 0.6 is 0 Å². The average Bonchev–Trinajstić information content (AvgIpc) is 2.56. The van der Waals surface area contributed by atoms with Crippen molar-refractivity contribution in [3.05, 3.63) is 29.6 Å². The van der Waals surface area contributed by atoms with Gasteiger partial charge in [0.15, 0.2) is 11.6 Å². The van der Waals surface area contributed by atoms with E-state index in [1.165, 1.54) is 0 Å². The lowest BCUT2D eigenvalue weighted by Crippen LogP contribution is -2.10. The van der Waals surface area contributed by atoms with Gasteiger partial charge >= 0.3 is 0 Å². The quantitative estimate of drug-likeness (QED) is 0.714. The normalized spacial score (nSPS) is 10.7. The number of rotatable bonds is 1. The third-order valence-corrected chi connectivity index (χ3v) is 1.82. The Morgan fingerprint density at radius 3 is 2.86 bits per heavy atom. The minimum atomic E-state index is -1.06. The molecular formula is C8H5F2N3O. The molecule has 2 aromatic rings. The Kier molecular flexibility index (Phi) is 1.70. The summed E-state index contributed by atoms with van der Waals surface area (Å²) in [6, 6.07) is 1.13. The monoisotopic (exact) mass is 197 g/mol. The average molecular weight is 197 g/mol. The van der Waals surface area contributed by atoms with Crippen molar-refractivity contribution in [1.29, 1.82) is 0 Å². The van der Waals surface area contributed by atoms with Crippen LogP contribution in [0.1, 0.15) is 10.5 Å². The molecule has 0 atom stereocenters. The molecule has 0 saturated heterocycles. The summed E-state index contributed by atoms with van der Waals surface area (Å²) in [6.07, 6.45) is 0.735. The Morgan fingerprint density at radius 2 is 2.21 bits per heavy atom. The van der Waals surface area contributed by atoms with Crippen LogP contribution in [0.5, 0.6) is 0 Å². The van der Waals surface area contributed by atoms with Gasteiger partial charge in [-0.3, -0.25) is 4.79 Å². The van der Waals surface area contributed by atoms with E-state index in [9.17, 15) is 13.6 Å². The molecule has 4 nitrogen and oxygen atoms in total. The number of pyridine rings is 1. The van der Waals surface area contributed by atoms with Gasteiger partial charge in [0.2, 0.25) is 0 Å². The lowest BCUT2D eigenvalue weighted by Gasteiger charge is -1.91.